The van der Waals surface area contributed by atoms with Crippen molar-refractivity contribution in [2.75, 3.05) is 7.11 Å². The molecule has 0 fully saturated rings. The molecule has 21 heavy (non-hydrogen) atoms. The van der Waals surface area contributed by atoms with Gasteiger partial charge in [-0.05, 0) is 31.5 Å². The van der Waals surface area contributed by atoms with Gasteiger partial charge in [-0.1, -0.05) is 18.3 Å². The first-order valence-electron chi connectivity index (χ1n) is 6.68. The number of nitrogens with two attached hydrogens (primary N) is 1. The summed E-state index contributed by atoms with van der Waals surface area (Å²) in [6.45, 7) is 4.42. The zero-order chi connectivity index (χ0) is 15.6. The maximum absolute atomic E-state index is 12.2. The van der Waals surface area contributed by atoms with Crippen LogP contribution >= 0.6 is 12.2 Å². The summed E-state index contributed by atoms with van der Waals surface area (Å²) in [7, 11) is 1.57. The number of nitrogens with zero attached hydrogens (tertiary/aromatic N) is 2. The van der Waals surface area contributed by atoms with Gasteiger partial charge in [0.05, 0.1) is 19.2 Å². The lowest BCUT2D eigenvalue weighted by atomic mass is 10.1. The summed E-state index contributed by atoms with van der Waals surface area (Å²) in [5.41, 5.74) is 7.30. The molecule has 0 unspecified atom stereocenters. The van der Waals surface area contributed by atoms with Gasteiger partial charge in [0.2, 0.25) is 0 Å². The Morgan fingerprint density at radius 1 is 1.38 bits per heavy atom. The van der Waals surface area contributed by atoms with Crippen molar-refractivity contribution in [3.8, 4) is 5.75 Å². The van der Waals surface area contributed by atoms with E-state index in [1.807, 2.05) is 32.0 Å². The maximum Gasteiger partial charge on any atom is 0.328 e. The van der Waals surface area contributed by atoms with Gasteiger partial charge in [0.1, 0.15) is 10.7 Å². The predicted molar refractivity (Wildman–Crippen MR) is 87.1 cm³/mol. The lowest BCUT2D eigenvalue weighted by Gasteiger charge is -2.10. The fourth-order valence-electron chi connectivity index (χ4n) is 2.18. The van der Waals surface area contributed by atoms with E-state index >= 15 is 0 Å². The molecule has 0 amide bonds. The normalized spacial score (nSPS) is 10.9. The molecular weight excluding hydrogens is 286 g/mol. The van der Waals surface area contributed by atoms with Gasteiger partial charge in [-0.25, -0.2) is 4.79 Å². The van der Waals surface area contributed by atoms with Gasteiger partial charge in [0.15, 0.2) is 0 Å². The van der Waals surface area contributed by atoms with Crippen molar-refractivity contribution in [2.24, 2.45) is 5.73 Å². The Bertz CT molecular complexity index is 716. The van der Waals surface area contributed by atoms with E-state index in [1.165, 1.54) is 0 Å². The molecule has 0 spiro atoms. The second-order valence-electron chi connectivity index (χ2n) is 5.11. The second kappa shape index (κ2) is 6.13. The van der Waals surface area contributed by atoms with E-state index in [2.05, 4.69) is 0 Å². The molecule has 0 saturated heterocycles. The number of methoxy groups -OCH3 is 1. The summed E-state index contributed by atoms with van der Waals surface area (Å²) in [5.74, 6) is 0.637. The monoisotopic (exact) mass is 305 g/mol. The van der Waals surface area contributed by atoms with Crippen molar-refractivity contribution < 1.29 is 4.74 Å². The molecule has 1 aromatic carbocycles. The second-order valence-corrected chi connectivity index (χ2v) is 5.55. The van der Waals surface area contributed by atoms with Gasteiger partial charge >= 0.3 is 5.69 Å². The molecule has 2 rings (SSSR count). The Kier molecular flexibility index (Phi) is 4.47. The number of hydrogen-bond donors (Lipinski definition) is 1. The Balaban J connectivity index is 2.34. The first-order chi connectivity index (χ1) is 9.93. The van der Waals surface area contributed by atoms with Gasteiger partial charge in [-0.2, -0.15) is 0 Å². The van der Waals surface area contributed by atoms with Gasteiger partial charge in [0.25, 0.3) is 0 Å². The van der Waals surface area contributed by atoms with Gasteiger partial charge < -0.3 is 10.5 Å². The van der Waals surface area contributed by atoms with E-state index in [9.17, 15) is 4.79 Å². The smallest absolute Gasteiger partial charge is 0.328 e. The van der Waals surface area contributed by atoms with Crippen molar-refractivity contribution in [1.29, 1.82) is 0 Å². The lowest BCUT2D eigenvalue weighted by Crippen LogP contribution is -2.25. The number of thiocarbonyl (C=S) groups is 1. The minimum atomic E-state index is -0.0299. The SMILES string of the molecule is COc1ccc(Cn2ccn(C(C)C)c2=O)cc1C(N)=S. The molecule has 1 heterocycles. The predicted octanol–water partition coefficient (Wildman–Crippen LogP) is 1.92. The van der Waals surface area contributed by atoms with Crippen molar-refractivity contribution >= 4 is 17.2 Å². The summed E-state index contributed by atoms with van der Waals surface area (Å²) in [6.07, 6.45) is 3.58. The van der Waals surface area contributed by atoms with E-state index < -0.39 is 0 Å². The molecule has 2 aromatic rings. The van der Waals surface area contributed by atoms with Crippen LogP contribution in [0, 0.1) is 0 Å². The van der Waals surface area contributed by atoms with Crippen molar-refractivity contribution in [3.63, 3.8) is 0 Å². The number of ether oxygens (including phenoxy) is 1. The number of benzene rings is 1. The van der Waals surface area contributed by atoms with Crippen LogP contribution < -0.4 is 16.2 Å². The van der Waals surface area contributed by atoms with Crippen LogP contribution in [0.4, 0.5) is 0 Å². The molecular formula is C15H19N3O2S. The average molecular weight is 305 g/mol. The largest absolute Gasteiger partial charge is 0.496 e. The summed E-state index contributed by atoms with van der Waals surface area (Å²) in [6, 6.07) is 5.72. The standard InChI is InChI=1S/C15H19N3O2S/c1-10(2)18-7-6-17(15(18)19)9-11-4-5-13(20-3)12(8-11)14(16)21/h4-8,10H,9H2,1-3H3,(H2,16,21). The molecule has 0 aliphatic rings. The molecule has 1 aromatic heterocycles. The van der Waals surface area contributed by atoms with E-state index in [0.717, 1.165) is 5.56 Å². The zero-order valence-electron chi connectivity index (χ0n) is 12.4. The van der Waals surface area contributed by atoms with E-state index in [0.29, 0.717) is 17.9 Å². The number of rotatable bonds is 5. The third-order valence-corrected chi connectivity index (χ3v) is 3.53. The van der Waals surface area contributed by atoms with Crippen LogP contribution in [0.5, 0.6) is 5.75 Å². The minimum Gasteiger partial charge on any atom is -0.496 e. The Morgan fingerprint density at radius 2 is 2.10 bits per heavy atom. The van der Waals surface area contributed by atoms with Crippen LogP contribution in [0.3, 0.4) is 0 Å². The first-order valence-corrected chi connectivity index (χ1v) is 7.09. The van der Waals surface area contributed by atoms with E-state index in [-0.39, 0.29) is 16.7 Å². The molecule has 0 atom stereocenters. The van der Waals surface area contributed by atoms with Crippen LogP contribution in [-0.4, -0.2) is 21.2 Å². The van der Waals surface area contributed by atoms with Crippen LogP contribution in [0.2, 0.25) is 0 Å². The summed E-state index contributed by atoms with van der Waals surface area (Å²) in [4.78, 5) is 12.5. The van der Waals surface area contributed by atoms with E-state index in [4.69, 9.17) is 22.7 Å². The fraction of sp³-hybridized carbons (Fsp3) is 0.333. The summed E-state index contributed by atoms with van der Waals surface area (Å²) in [5, 5.41) is 0. The molecule has 0 aliphatic heterocycles. The highest BCUT2D eigenvalue weighted by Gasteiger charge is 2.10. The fourth-order valence-corrected chi connectivity index (χ4v) is 2.34. The van der Waals surface area contributed by atoms with Crippen LogP contribution in [0.1, 0.15) is 31.0 Å². The molecule has 0 radical (unpaired) electrons. The average Bonchev–Trinajstić information content (AvgIpc) is 2.80. The third kappa shape index (κ3) is 3.16. The highest BCUT2D eigenvalue weighted by Crippen LogP contribution is 2.20. The Morgan fingerprint density at radius 3 is 2.62 bits per heavy atom. The highest BCUT2D eigenvalue weighted by atomic mass is 32.1. The molecule has 6 heteroatoms. The van der Waals surface area contributed by atoms with Crippen molar-refractivity contribution in [1.82, 2.24) is 9.13 Å². The number of aromatic nitrogens is 2. The highest BCUT2D eigenvalue weighted by molar-refractivity contribution is 7.80. The molecule has 0 aliphatic carbocycles. The van der Waals surface area contributed by atoms with Crippen LogP contribution in [-0.2, 0) is 6.54 Å². The molecule has 0 saturated carbocycles. The Hall–Kier alpha value is -2.08. The molecule has 5 nitrogen and oxygen atoms in total. The lowest BCUT2D eigenvalue weighted by molar-refractivity contribution is 0.414. The van der Waals surface area contributed by atoms with Gasteiger partial charge in [-0.15, -0.1) is 0 Å². The molecule has 2 N–H and O–H groups in total. The third-order valence-electron chi connectivity index (χ3n) is 3.31. The van der Waals surface area contributed by atoms with Crippen LogP contribution in [0.15, 0.2) is 35.4 Å². The number of hydrogen-bond acceptors (Lipinski definition) is 3. The summed E-state index contributed by atoms with van der Waals surface area (Å²) >= 11 is 5.03. The minimum absolute atomic E-state index is 0.0299. The summed E-state index contributed by atoms with van der Waals surface area (Å²) < 4.78 is 8.58. The maximum atomic E-state index is 12.2. The molecule has 0 bridgehead atoms. The van der Waals surface area contributed by atoms with Crippen molar-refractivity contribution in [2.45, 2.75) is 26.4 Å². The zero-order valence-corrected chi connectivity index (χ0v) is 13.2. The molecule has 112 valence electrons. The Labute approximate surface area is 129 Å². The topological polar surface area (TPSA) is 62.2 Å². The van der Waals surface area contributed by atoms with Crippen LogP contribution in [0.25, 0.3) is 0 Å². The quantitative estimate of drug-likeness (QED) is 0.857. The van der Waals surface area contributed by atoms with E-state index in [1.54, 1.807) is 28.6 Å². The number of imidazole rings is 1. The van der Waals surface area contributed by atoms with Gasteiger partial charge in [-0.3, -0.25) is 9.13 Å². The van der Waals surface area contributed by atoms with Crippen molar-refractivity contribution in [3.05, 3.63) is 52.2 Å². The van der Waals surface area contributed by atoms with Gasteiger partial charge in [0, 0.05) is 18.4 Å². The first kappa shape index (κ1) is 15.3.